The average molecular weight is 328 g/mol. The molecular formula is C18H24N4O2. The molecule has 0 bridgehead atoms. The van der Waals surface area contributed by atoms with Crippen molar-refractivity contribution >= 4 is 5.91 Å². The third-order valence-corrected chi connectivity index (χ3v) is 4.30. The molecule has 0 aromatic carbocycles. The number of rotatable bonds is 2. The third-order valence-electron chi connectivity index (χ3n) is 4.30. The van der Waals surface area contributed by atoms with Crippen LogP contribution in [-0.4, -0.2) is 32.5 Å². The van der Waals surface area contributed by atoms with Gasteiger partial charge in [0.05, 0.1) is 23.0 Å². The van der Waals surface area contributed by atoms with E-state index in [4.69, 9.17) is 4.52 Å². The molecule has 3 rings (SSSR count). The maximum absolute atomic E-state index is 12.8. The topological polar surface area (TPSA) is 72.1 Å². The van der Waals surface area contributed by atoms with Crippen LogP contribution in [-0.2, 0) is 4.79 Å². The molecular weight excluding hydrogens is 304 g/mol. The zero-order valence-corrected chi connectivity index (χ0v) is 15.0. The summed E-state index contributed by atoms with van der Waals surface area (Å²) in [6, 6.07) is 1.83. The van der Waals surface area contributed by atoms with Gasteiger partial charge in [0.1, 0.15) is 5.82 Å². The Bertz CT molecular complexity index is 761. The van der Waals surface area contributed by atoms with Crippen LogP contribution in [0.4, 0.5) is 0 Å². The van der Waals surface area contributed by atoms with Crippen LogP contribution in [0.1, 0.15) is 56.9 Å². The summed E-state index contributed by atoms with van der Waals surface area (Å²) < 4.78 is 5.42. The normalized spacial score (nSPS) is 18.2. The Hall–Kier alpha value is -2.24. The van der Waals surface area contributed by atoms with E-state index in [1.807, 2.05) is 45.6 Å². The molecule has 1 aliphatic heterocycles. The molecule has 0 radical (unpaired) electrons. The van der Waals surface area contributed by atoms with Crippen molar-refractivity contribution in [2.75, 3.05) is 6.54 Å². The average Bonchev–Trinajstić information content (AvgIpc) is 3.14. The summed E-state index contributed by atoms with van der Waals surface area (Å²) in [5.74, 6) is 1.50. The van der Waals surface area contributed by atoms with Gasteiger partial charge in [0, 0.05) is 24.2 Å². The molecule has 0 N–H and O–H groups in total. The highest BCUT2D eigenvalue weighted by Gasteiger charge is 2.37. The minimum atomic E-state index is -0.409. The van der Waals surface area contributed by atoms with E-state index >= 15 is 0 Å². The fraction of sp³-hybridized carbons (Fsp3) is 0.556. The fourth-order valence-electron chi connectivity index (χ4n) is 3.15. The van der Waals surface area contributed by atoms with Crippen molar-refractivity contribution in [3.63, 3.8) is 0 Å². The van der Waals surface area contributed by atoms with Crippen molar-refractivity contribution in [2.45, 2.75) is 53.5 Å². The van der Waals surface area contributed by atoms with E-state index in [9.17, 15) is 4.79 Å². The summed E-state index contributed by atoms with van der Waals surface area (Å²) in [7, 11) is 0. The lowest BCUT2D eigenvalue weighted by Gasteiger charge is -2.31. The molecule has 1 aliphatic rings. The molecule has 0 aliphatic carbocycles. The second-order valence-corrected chi connectivity index (χ2v) is 7.46. The van der Waals surface area contributed by atoms with Gasteiger partial charge < -0.3 is 9.42 Å². The predicted octanol–water partition coefficient (Wildman–Crippen LogP) is 3.46. The van der Waals surface area contributed by atoms with Crippen LogP contribution in [0, 0.1) is 19.3 Å². The highest BCUT2D eigenvalue weighted by molar-refractivity contribution is 5.82. The summed E-state index contributed by atoms with van der Waals surface area (Å²) >= 11 is 0. The van der Waals surface area contributed by atoms with Gasteiger partial charge in [-0.25, -0.2) is 9.97 Å². The summed E-state index contributed by atoms with van der Waals surface area (Å²) in [5, 5.41) is 3.97. The van der Waals surface area contributed by atoms with Gasteiger partial charge in [-0.15, -0.1) is 0 Å². The Kier molecular flexibility index (Phi) is 4.15. The molecule has 6 nitrogen and oxygen atoms in total. The van der Waals surface area contributed by atoms with E-state index in [2.05, 4.69) is 15.1 Å². The number of aromatic nitrogens is 3. The monoisotopic (exact) mass is 328 g/mol. The first-order chi connectivity index (χ1) is 11.3. The smallest absolute Gasteiger partial charge is 0.228 e. The highest BCUT2D eigenvalue weighted by Crippen LogP contribution is 2.38. The van der Waals surface area contributed by atoms with Crippen LogP contribution >= 0.6 is 0 Å². The zero-order valence-electron chi connectivity index (χ0n) is 15.0. The minimum Gasteiger partial charge on any atom is -0.356 e. The number of nitrogens with zero attached hydrogens (tertiary/aromatic N) is 4. The molecule has 1 amide bonds. The SMILES string of the molecule is Cc1cc(-c2cnc(C)nc2[C@H]2CCCN2C(=O)C(C)(C)C)on1. The van der Waals surface area contributed by atoms with Gasteiger partial charge in [-0.1, -0.05) is 25.9 Å². The molecule has 0 saturated carbocycles. The first-order valence-corrected chi connectivity index (χ1v) is 8.35. The van der Waals surface area contributed by atoms with E-state index in [1.54, 1.807) is 6.20 Å². The van der Waals surface area contributed by atoms with Gasteiger partial charge in [0.2, 0.25) is 5.91 Å². The van der Waals surface area contributed by atoms with Crippen LogP contribution in [0.5, 0.6) is 0 Å². The fourth-order valence-corrected chi connectivity index (χ4v) is 3.15. The molecule has 3 heterocycles. The lowest BCUT2D eigenvalue weighted by molar-refractivity contribution is -0.140. The maximum Gasteiger partial charge on any atom is 0.228 e. The number of carbonyl (C=O) groups excluding carboxylic acids is 1. The molecule has 6 heteroatoms. The Labute approximate surface area is 142 Å². The molecule has 2 aromatic heterocycles. The number of likely N-dealkylation sites (tertiary alicyclic amines) is 1. The number of aryl methyl sites for hydroxylation is 2. The Balaban J connectivity index is 2.05. The van der Waals surface area contributed by atoms with Crippen molar-refractivity contribution in [1.82, 2.24) is 20.0 Å². The second kappa shape index (κ2) is 6.00. The largest absolute Gasteiger partial charge is 0.356 e. The molecule has 24 heavy (non-hydrogen) atoms. The van der Waals surface area contributed by atoms with Crippen LogP contribution in [0.15, 0.2) is 16.8 Å². The summed E-state index contributed by atoms with van der Waals surface area (Å²) in [6.45, 7) is 10.4. The predicted molar refractivity (Wildman–Crippen MR) is 90.1 cm³/mol. The second-order valence-electron chi connectivity index (χ2n) is 7.46. The molecule has 1 fully saturated rings. The number of hydrogen-bond donors (Lipinski definition) is 0. The van der Waals surface area contributed by atoms with Crippen molar-refractivity contribution in [3.05, 3.63) is 29.5 Å². The molecule has 0 unspecified atom stereocenters. The number of amides is 1. The van der Waals surface area contributed by atoms with Crippen LogP contribution in [0.2, 0.25) is 0 Å². The molecule has 1 saturated heterocycles. The summed E-state index contributed by atoms with van der Waals surface area (Å²) in [4.78, 5) is 23.8. The Morgan fingerprint density at radius 3 is 2.71 bits per heavy atom. The van der Waals surface area contributed by atoms with Crippen molar-refractivity contribution in [3.8, 4) is 11.3 Å². The number of carbonyl (C=O) groups is 1. The first-order valence-electron chi connectivity index (χ1n) is 8.35. The van der Waals surface area contributed by atoms with Crippen molar-refractivity contribution in [1.29, 1.82) is 0 Å². The van der Waals surface area contributed by atoms with Crippen molar-refractivity contribution in [2.24, 2.45) is 5.41 Å². The number of hydrogen-bond acceptors (Lipinski definition) is 5. The Morgan fingerprint density at radius 1 is 1.33 bits per heavy atom. The minimum absolute atomic E-state index is 0.0427. The van der Waals surface area contributed by atoms with Gasteiger partial charge in [-0.2, -0.15) is 0 Å². The van der Waals surface area contributed by atoms with Gasteiger partial charge in [-0.05, 0) is 26.7 Å². The van der Waals surface area contributed by atoms with E-state index in [0.29, 0.717) is 11.6 Å². The van der Waals surface area contributed by atoms with E-state index < -0.39 is 5.41 Å². The summed E-state index contributed by atoms with van der Waals surface area (Å²) in [6.07, 6.45) is 3.65. The Morgan fingerprint density at radius 2 is 2.08 bits per heavy atom. The standard InChI is InChI=1S/C18H24N4O2/c1-11-9-15(24-21-11)13-10-19-12(2)20-16(13)14-7-6-8-22(14)17(23)18(3,4)5/h9-10,14H,6-8H2,1-5H3/t14-/m1/s1. The quantitative estimate of drug-likeness (QED) is 0.844. The van der Waals surface area contributed by atoms with Crippen LogP contribution < -0.4 is 0 Å². The van der Waals surface area contributed by atoms with E-state index in [-0.39, 0.29) is 11.9 Å². The molecule has 0 spiro atoms. The van der Waals surface area contributed by atoms with Crippen molar-refractivity contribution < 1.29 is 9.32 Å². The van der Waals surface area contributed by atoms with Gasteiger partial charge in [-0.3, -0.25) is 4.79 Å². The highest BCUT2D eigenvalue weighted by atomic mass is 16.5. The first kappa shape index (κ1) is 16.6. The van der Waals surface area contributed by atoms with E-state index in [1.165, 1.54) is 0 Å². The molecule has 128 valence electrons. The third kappa shape index (κ3) is 3.05. The van der Waals surface area contributed by atoms with Gasteiger partial charge in [0.15, 0.2) is 5.76 Å². The maximum atomic E-state index is 12.8. The lowest BCUT2D eigenvalue weighted by atomic mass is 9.93. The van der Waals surface area contributed by atoms with Crippen LogP contribution in [0.25, 0.3) is 11.3 Å². The molecule has 1 atom stereocenters. The van der Waals surface area contributed by atoms with Crippen LogP contribution in [0.3, 0.4) is 0 Å². The summed E-state index contributed by atoms with van der Waals surface area (Å²) in [5.41, 5.74) is 2.08. The van der Waals surface area contributed by atoms with Gasteiger partial charge in [0.25, 0.3) is 0 Å². The molecule has 2 aromatic rings. The van der Waals surface area contributed by atoms with E-state index in [0.717, 1.165) is 36.3 Å². The zero-order chi connectivity index (χ0) is 17.5. The lowest BCUT2D eigenvalue weighted by Crippen LogP contribution is -2.39. The van der Waals surface area contributed by atoms with Gasteiger partial charge >= 0.3 is 0 Å².